The van der Waals surface area contributed by atoms with Gasteiger partial charge in [0.15, 0.2) is 0 Å². The zero-order valence-corrected chi connectivity index (χ0v) is 13.8. The van der Waals surface area contributed by atoms with E-state index in [1.54, 1.807) is 0 Å². The molecule has 1 fully saturated rings. The van der Waals surface area contributed by atoms with Gasteiger partial charge in [-0.2, -0.15) is 0 Å². The summed E-state index contributed by atoms with van der Waals surface area (Å²) in [5, 5.41) is 3.64. The minimum Gasteiger partial charge on any atom is -0.380 e. The number of halogens is 3. The molecule has 0 aliphatic heterocycles. The molecule has 2 rings (SSSR count). The molecule has 1 unspecified atom stereocenters. The second-order valence-electron chi connectivity index (χ2n) is 4.24. The summed E-state index contributed by atoms with van der Waals surface area (Å²) in [6, 6.07) is 4.76. The lowest BCUT2D eigenvalue weighted by atomic mass is 10.1. The first kappa shape index (κ1) is 12.9. The average molecular weight is 412 g/mol. The van der Waals surface area contributed by atoms with Gasteiger partial charge < -0.3 is 5.32 Å². The summed E-state index contributed by atoms with van der Waals surface area (Å²) in [4.78, 5) is 0. The lowest BCUT2D eigenvalue weighted by molar-refractivity contribution is 0.616. The molecule has 1 atom stereocenters. The molecule has 1 N–H and O–H groups in total. The maximum absolute atomic E-state index is 3.64. The maximum atomic E-state index is 3.64. The minimum absolute atomic E-state index is 0.605. The van der Waals surface area contributed by atoms with Crippen molar-refractivity contribution in [2.24, 2.45) is 5.92 Å². The summed E-state index contributed by atoms with van der Waals surface area (Å²) in [5.41, 5.74) is 1.17. The van der Waals surface area contributed by atoms with Crippen LogP contribution in [0.1, 0.15) is 26.2 Å². The molecule has 0 heterocycles. The highest BCUT2D eigenvalue weighted by atomic mass is 79.9. The fourth-order valence-corrected chi connectivity index (χ4v) is 4.40. The Morgan fingerprint density at radius 1 is 1.25 bits per heavy atom. The third kappa shape index (κ3) is 3.02. The standard InChI is InChI=1S/C12H14Br3N/c1-2-11(7-3-4-7)16-12-9(14)5-8(13)6-10(12)15/h5-7,11,16H,2-4H2,1H3. The molecular formula is C12H14Br3N. The van der Waals surface area contributed by atoms with Crippen molar-refractivity contribution in [1.29, 1.82) is 0 Å². The number of hydrogen-bond donors (Lipinski definition) is 1. The van der Waals surface area contributed by atoms with E-state index in [1.807, 2.05) is 0 Å². The Hall–Kier alpha value is 0.460. The van der Waals surface area contributed by atoms with Gasteiger partial charge in [0.2, 0.25) is 0 Å². The minimum atomic E-state index is 0.605. The fraction of sp³-hybridized carbons (Fsp3) is 0.500. The Labute approximate surface area is 122 Å². The van der Waals surface area contributed by atoms with Gasteiger partial charge in [-0.1, -0.05) is 22.9 Å². The van der Waals surface area contributed by atoms with E-state index in [1.165, 1.54) is 24.9 Å². The Balaban J connectivity index is 2.19. The topological polar surface area (TPSA) is 12.0 Å². The van der Waals surface area contributed by atoms with Crippen LogP contribution in [-0.4, -0.2) is 6.04 Å². The predicted octanol–water partition coefficient (Wildman–Crippen LogP) is 5.57. The van der Waals surface area contributed by atoms with Crippen LogP contribution in [0.25, 0.3) is 0 Å². The van der Waals surface area contributed by atoms with Gasteiger partial charge in [-0.15, -0.1) is 0 Å². The molecule has 1 saturated carbocycles. The monoisotopic (exact) mass is 409 g/mol. The largest absolute Gasteiger partial charge is 0.380 e. The number of nitrogens with one attached hydrogen (secondary N) is 1. The van der Waals surface area contributed by atoms with Crippen LogP contribution in [-0.2, 0) is 0 Å². The zero-order chi connectivity index (χ0) is 11.7. The van der Waals surface area contributed by atoms with E-state index in [0.717, 1.165) is 19.3 Å². The fourth-order valence-electron chi connectivity index (χ4n) is 1.92. The number of rotatable bonds is 4. The van der Waals surface area contributed by atoms with Crippen molar-refractivity contribution in [3.8, 4) is 0 Å². The van der Waals surface area contributed by atoms with Gasteiger partial charge in [-0.25, -0.2) is 0 Å². The summed E-state index contributed by atoms with van der Waals surface area (Å²) in [5.74, 6) is 0.868. The molecule has 1 aromatic rings. The highest BCUT2D eigenvalue weighted by Gasteiger charge is 2.30. The van der Waals surface area contributed by atoms with Crippen LogP contribution >= 0.6 is 47.8 Å². The van der Waals surface area contributed by atoms with Gasteiger partial charge in [-0.3, -0.25) is 0 Å². The first-order valence-corrected chi connectivity index (χ1v) is 7.90. The number of hydrogen-bond acceptors (Lipinski definition) is 1. The quantitative estimate of drug-likeness (QED) is 0.682. The van der Waals surface area contributed by atoms with E-state index in [9.17, 15) is 0 Å². The Kier molecular flexibility index (Phi) is 4.36. The van der Waals surface area contributed by atoms with Gasteiger partial charge in [0.1, 0.15) is 0 Å². The molecule has 0 spiro atoms. The van der Waals surface area contributed by atoms with Crippen molar-refractivity contribution < 1.29 is 0 Å². The summed E-state index contributed by atoms with van der Waals surface area (Å²) in [6.45, 7) is 2.25. The third-order valence-electron chi connectivity index (χ3n) is 2.97. The first-order chi connectivity index (χ1) is 7.61. The first-order valence-electron chi connectivity index (χ1n) is 5.53. The highest BCUT2D eigenvalue weighted by molar-refractivity contribution is 9.11. The molecule has 0 amide bonds. The van der Waals surface area contributed by atoms with Crippen LogP contribution in [0.2, 0.25) is 0 Å². The van der Waals surface area contributed by atoms with Gasteiger partial charge in [0, 0.05) is 19.5 Å². The van der Waals surface area contributed by atoms with Crippen LogP contribution in [0.15, 0.2) is 25.6 Å². The third-order valence-corrected chi connectivity index (χ3v) is 4.68. The van der Waals surface area contributed by atoms with E-state index >= 15 is 0 Å². The van der Waals surface area contributed by atoms with Gasteiger partial charge in [0.25, 0.3) is 0 Å². The second-order valence-corrected chi connectivity index (χ2v) is 6.87. The Bertz CT molecular complexity index is 365. The predicted molar refractivity (Wildman–Crippen MR) is 80.0 cm³/mol. The van der Waals surface area contributed by atoms with E-state index in [0.29, 0.717) is 6.04 Å². The normalized spacial score (nSPS) is 17.2. The van der Waals surface area contributed by atoms with Crippen molar-refractivity contribution in [1.82, 2.24) is 0 Å². The second kappa shape index (κ2) is 5.40. The van der Waals surface area contributed by atoms with Crippen LogP contribution in [0.3, 0.4) is 0 Å². The van der Waals surface area contributed by atoms with E-state index in [4.69, 9.17) is 0 Å². The zero-order valence-electron chi connectivity index (χ0n) is 9.06. The van der Waals surface area contributed by atoms with Gasteiger partial charge in [0.05, 0.1) is 5.69 Å². The van der Waals surface area contributed by atoms with Crippen molar-refractivity contribution in [2.45, 2.75) is 32.2 Å². The molecule has 16 heavy (non-hydrogen) atoms. The van der Waals surface area contributed by atoms with Crippen molar-refractivity contribution in [2.75, 3.05) is 5.32 Å². The molecular weight excluding hydrogens is 398 g/mol. The summed E-state index contributed by atoms with van der Waals surface area (Å²) < 4.78 is 3.29. The Morgan fingerprint density at radius 2 is 1.81 bits per heavy atom. The molecule has 0 bridgehead atoms. The highest BCUT2D eigenvalue weighted by Crippen LogP contribution is 2.39. The van der Waals surface area contributed by atoms with Crippen LogP contribution in [0.5, 0.6) is 0 Å². The van der Waals surface area contributed by atoms with Gasteiger partial charge in [-0.05, 0) is 69.2 Å². The smallest absolute Gasteiger partial charge is 0.0632 e. The lowest BCUT2D eigenvalue weighted by Crippen LogP contribution is -2.21. The molecule has 0 saturated heterocycles. The van der Waals surface area contributed by atoms with Crippen molar-refractivity contribution in [3.63, 3.8) is 0 Å². The summed E-state index contributed by atoms with van der Waals surface area (Å²) in [7, 11) is 0. The molecule has 1 aliphatic carbocycles. The Morgan fingerprint density at radius 3 is 2.25 bits per heavy atom. The van der Waals surface area contributed by atoms with Gasteiger partial charge >= 0.3 is 0 Å². The number of benzene rings is 1. The summed E-state index contributed by atoms with van der Waals surface area (Å²) >= 11 is 10.7. The maximum Gasteiger partial charge on any atom is 0.0632 e. The molecule has 0 radical (unpaired) electrons. The van der Waals surface area contributed by atoms with E-state index in [-0.39, 0.29) is 0 Å². The van der Waals surface area contributed by atoms with E-state index < -0.39 is 0 Å². The van der Waals surface area contributed by atoms with Crippen molar-refractivity contribution in [3.05, 3.63) is 25.6 Å². The van der Waals surface area contributed by atoms with Crippen LogP contribution < -0.4 is 5.32 Å². The summed E-state index contributed by atoms with van der Waals surface area (Å²) in [6.07, 6.45) is 3.92. The molecule has 1 nitrogen and oxygen atoms in total. The van der Waals surface area contributed by atoms with Crippen molar-refractivity contribution >= 4 is 53.5 Å². The lowest BCUT2D eigenvalue weighted by Gasteiger charge is -2.20. The molecule has 0 aromatic heterocycles. The SMILES string of the molecule is CCC(Nc1c(Br)cc(Br)cc1Br)C1CC1. The van der Waals surface area contributed by atoms with E-state index in [2.05, 4.69) is 72.2 Å². The molecule has 88 valence electrons. The number of anilines is 1. The molecule has 4 heteroatoms. The van der Waals surface area contributed by atoms with Crippen LogP contribution in [0.4, 0.5) is 5.69 Å². The molecule has 1 aromatic carbocycles. The van der Waals surface area contributed by atoms with Crippen LogP contribution in [0, 0.1) is 5.92 Å². The molecule has 1 aliphatic rings. The average Bonchev–Trinajstić information content (AvgIpc) is 3.00.